The summed E-state index contributed by atoms with van der Waals surface area (Å²) in [5.74, 6) is 0.356. The number of benzene rings is 1. The third-order valence-electron chi connectivity index (χ3n) is 3.02. The van der Waals surface area contributed by atoms with E-state index in [2.05, 4.69) is 5.32 Å². The number of phenolic OH excluding ortho intramolecular Hbond substituents is 1. The third kappa shape index (κ3) is 2.89. The van der Waals surface area contributed by atoms with Crippen LogP contribution in [0.3, 0.4) is 0 Å². The van der Waals surface area contributed by atoms with Gasteiger partial charge in [0, 0.05) is 24.9 Å². The molecular formula is C13H19NO2. The molecule has 1 aromatic carbocycles. The second-order valence-corrected chi connectivity index (χ2v) is 4.39. The van der Waals surface area contributed by atoms with E-state index >= 15 is 0 Å². The number of aromatic hydroxyl groups is 1. The van der Waals surface area contributed by atoms with Gasteiger partial charge in [-0.3, -0.25) is 0 Å². The fourth-order valence-corrected chi connectivity index (χ4v) is 2.03. The second-order valence-electron chi connectivity index (χ2n) is 4.39. The third-order valence-corrected chi connectivity index (χ3v) is 3.02. The van der Waals surface area contributed by atoms with Gasteiger partial charge in [0.05, 0.1) is 0 Å². The lowest BCUT2D eigenvalue weighted by molar-refractivity contribution is 0.144. The summed E-state index contributed by atoms with van der Waals surface area (Å²) in [6.07, 6.45) is 3.33. The fourth-order valence-electron chi connectivity index (χ4n) is 2.03. The van der Waals surface area contributed by atoms with Gasteiger partial charge in [0.15, 0.2) is 0 Å². The van der Waals surface area contributed by atoms with E-state index in [1.165, 1.54) is 0 Å². The average molecular weight is 221 g/mol. The Balaban J connectivity index is 1.99. The highest BCUT2D eigenvalue weighted by Crippen LogP contribution is 2.22. The molecule has 3 heteroatoms. The first kappa shape index (κ1) is 11.3. The molecule has 88 valence electrons. The molecule has 16 heavy (non-hydrogen) atoms. The van der Waals surface area contributed by atoms with E-state index < -0.39 is 0 Å². The van der Waals surface area contributed by atoms with Crippen LogP contribution < -0.4 is 5.32 Å². The maximum absolute atomic E-state index is 9.45. The van der Waals surface area contributed by atoms with E-state index in [0.717, 1.165) is 43.7 Å². The minimum atomic E-state index is 0.356. The Kier molecular flexibility index (Phi) is 3.67. The van der Waals surface area contributed by atoms with E-state index in [9.17, 15) is 5.11 Å². The van der Waals surface area contributed by atoms with Gasteiger partial charge in [-0.1, -0.05) is 0 Å². The maximum atomic E-state index is 9.45. The van der Waals surface area contributed by atoms with Crippen molar-refractivity contribution in [1.29, 1.82) is 0 Å². The molecule has 0 spiro atoms. The first-order valence-electron chi connectivity index (χ1n) is 5.89. The zero-order valence-electron chi connectivity index (χ0n) is 9.70. The van der Waals surface area contributed by atoms with Gasteiger partial charge >= 0.3 is 0 Å². The molecule has 1 fully saturated rings. The summed E-state index contributed by atoms with van der Waals surface area (Å²) in [7, 11) is 0. The van der Waals surface area contributed by atoms with Crippen LogP contribution in [-0.2, 0) is 4.74 Å². The van der Waals surface area contributed by atoms with Gasteiger partial charge in [0.25, 0.3) is 0 Å². The Labute approximate surface area is 96.4 Å². The zero-order chi connectivity index (χ0) is 11.4. The molecule has 2 N–H and O–H groups in total. The van der Waals surface area contributed by atoms with Gasteiger partial charge in [-0.15, -0.1) is 0 Å². The zero-order valence-corrected chi connectivity index (χ0v) is 9.70. The van der Waals surface area contributed by atoms with Crippen LogP contribution in [0.2, 0.25) is 0 Å². The second kappa shape index (κ2) is 5.21. The molecule has 1 aliphatic rings. The van der Waals surface area contributed by atoms with Crippen LogP contribution in [0.15, 0.2) is 18.2 Å². The van der Waals surface area contributed by atoms with Gasteiger partial charge in [0.1, 0.15) is 5.75 Å². The predicted octanol–water partition coefficient (Wildman–Crippen LogP) is 2.68. The number of ether oxygens (including phenoxy) is 1. The lowest BCUT2D eigenvalue weighted by atomic mass is 10.1. The first-order chi connectivity index (χ1) is 7.75. The lowest BCUT2D eigenvalue weighted by Gasteiger charge is -2.17. The summed E-state index contributed by atoms with van der Waals surface area (Å²) < 4.78 is 5.43. The molecule has 1 unspecified atom stereocenters. The number of nitrogens with one attached hydrogen (secondary N) is 1. The molecule has 0 aliphatic carbocycles. The van der Waals surface area contributed by atoms with E-state index in [4.69, 9.17) is 4.74 Å². The number of phenols is 1. The molecule has 0 amide bonds. The van der Waals surface area contributed by atoms with Crippen molar-refractivity contribution in [2.75, 3.05) is 18.5 Å². The van der Waals surface area contributed by atoms with Crippen molar-refractivity contribution >= 4 is 5.69 Å². The molecule has 3 nitrogen and oxygen atoms in total. The summed E-state index contributed by atoms with van der Waals surface area (Å²) in [6, 6.07) is 6.14. The van der Waals surface area contributed by atoms with Gasteiger partial charge in [-0.2, -0.15) is 0 Å². The topological polar surface area (TPSA) is 41.5 Å². The van der Waals surface area contributed by atoms with Crippen LogP contribution in [0.25, 0.3) is 0 Å². The molecule has 0 saturated carbocycles. The Hall–Kier alpha value is -1.22. The van der Waals surface area contributed by atoms with Gasteiger partial charge in [-0.25, -0.2) is 0 Å². The van der Waals surface area contributed by atoms with Crippen molar-refractivity contribution in [3.8, 4) is 5.75 Å². The van der Waals surface area contributed by atoms with E-state index in [0.29, 0.717) is 11.8 Å². The highest BCUT2D eigenvalue weighted by molar-refractivity contribution is 5.50. The molecular weight excluding hydrogens is 202 g/mol. The number of rotatable bonds is 2. The van der Waals surface area contributed by atoms with E-state index in [-0.39, 0.29) is 0 Å². The summed E-state index contributed by atoms with van der Waals surface area (Å²) in [4.78, 5) is 0. The molecule has 1 aromatic rings. The predicted molar refractivity (Wildman–Crippen MR) is 64.9 cm³/mol. The normalized spacial score (nSPS) is 21.4. The fraction of sp³-hybridized carbons (Fsp3) is 0.538. The standard InChI is InChI=1S/C13H19NO2/c1-10-9-12(4-5-13(10)15)14-11-3-2-7-16-8-6-11/h4-5,9,11,14-15H,2-3,6-8H2,1H3. The monoisotopic (exact) mass is 221 g/mol. The quantitative estimate of drug-likeness (QED) is 0.754. The molecule has 0 bridgehead atoms. The molecule has 1 atom stereocenters. The van der Waals surface area contributed by atoms with Crippen LogP contribution in [-0.4, -0.2) is 24.4 Å². The smallest absolute Gasteiger partial charge is 0.118 e. The van der Waals surface area contributed by atoms with Crippen LogP contribution in [0.1, 0.15) is 24.8 Å². The first-order valence-corrected chi connectivity index (χ1v) is 5.89. The Morgan fingerprint density at radius 2 is 2.19 bits per heavy atom. The summed E-state index contributed by atoms with van der Waals surface area (Å²) >= 11 is 0. The minimum absolute atomic E-state index is 0.356. The van der Waals surface area contributed by atoms with Crippen molar-refractivity contribution in [2.45, 2.75) is 32.2 Å². The molecule has 0 aromatic heterocycles. The van der Waals surface area contributed by atoms with E-state index in [1.54, 1.807) is 6.07 Å². The molecule has 1 aliphatic heterocycles. The Bertz CT molecular complexity index is 344. The van der Waals surface area contributed by atoms with Gasteiger partial charge in [-0.05, 0) is 49.9 Å². The van der Waals surface area contributed by atoms with Crippen molar-refractivity contribution in [1.82, 2.24) is 0 Å². The van der Waals surface area contributed by atoms with Crippen molar-refractivity contribution in [3.05, 3.63) is 23.8 Å². The number of anilines is 1. The largest absolute Gasteiger partial charge is 0.508 e. The average Bonchev–Trinajstić information content (AvgIpc) is 2.52. The highest BCUT2D eigenvalue weighted by atomic mass is 16.5. The van der Waals surface area contributed by atoms with Crippen LogP contribution in [0.5, 0.6) is 5.75 Å². The SMILES string of the molecule is Cc1cc(NC2CCCOCC2)ccc1O. The van der Waals surface area contributed by atoms with Crippen molar-refractivity contribution in [3.63, 3.8) is 0 Å². The van der Waals surface area contributed by atoms with Crippen LogP contribution in [0, 0.1) is 6.92 Å². The van der Waals surface area contributed by atoms with Crippen molar-refractivity contribution < 1.29 is 9.84 Å². The Morgan fingerprint density at radius 1 is 1.31 bits per heavy atom. The molecule has 2 rings (SSSR count). The Morgan fingerprint density at radius 3 is 3.00 bits per heavy atom. The number of aryl methyl sites for hydroxylation is 1. The van der Waals surface area contributed by atoms with Gasteiger partial charge in [0.2, 0.25) is 0 Å². The molecule has 0 radical (unpaired) electrons. The maximum Gasteiger partial charge on any atom is 0.118 e. The minimum Gasteiger partial charge on any atom is -0.508 e. The van der Waals surface area contributed by atoms with Crippen LogP contribution >= 0.6 is 0 Å². The molecule has 1 saturated heterocycles. The summed E-state index contributed by atoms with van der Waals surface area (Å²) in [5, 5.41) is 12.9. The lowest BCUT2D eigenvalue weighted by Crippen LogP contribution is -2.19. The van der Waals surface area contributed by atoms with Crippen molar-refractivity contribution in [2.24, 2.45) is 0 Å². The number of hydrogen-bond acceptors (Lipinski definition) is 3. The van der Waals surface area contributed by atoms with Gasteiger partial charge < -0.3 is 15.2 Å². The number of hydrogen-bond donors (Lipinski definition) is 2. The van der Waals surface area contributed by atoms with E-state index in [1.807, 2.05) is 19.1 Å². The molecule has 1 heterocycles. The summed E-state index contributed by atoms with van der Waals surface area (Å²) in [5.41, 5.74) is 2.00. The highest BCUT2D eigenvalue weighted by Gasteiger charge is 2.12. The summed E-state index contributed by atoms with van der Waals surface area (Å²) in [6.45, 7) is 3.64. The van der Waals surface area contributed by atoms with Crippen LogP contribution in [0.4, 0.5) is 5.69 Å².